The molecule has 0 aromatic heterocycles. The molecule has 0 bridgehead atoms. The number of amides is 2. The first-order valence-electron chi connectivity index (χ1n) is 7.06. The van der Waals surface area contributed by atoms with E-state index in [0.717, 1.165) is 0 Å². The molecule has 1 aliphatic heterocycles. The molecule has 0 saturated carbocycles. The molecular formula is C14H21N2O4P. The molecule has 7 heteroatoms. The molecule has 1 aromatic rings. The molecular weight excluding hydrogens is 291 g/mol. The van der Waals surface area contributed by atoms with Crippen LogP contribution in [0.15, 0.2) is 30.3 Å². The molecule has 1 aromatic carbocycles. The maximum atomic E-state index is 12.7. The summed E-state index contributed by atoms with van der Waals surface area (Å²) in [7, 11) is -3.29. The molecule has 2 atom stereocenters. The number of hydrogen-bond acceptors (Lipinski definition) is 4. The van der Waals surface area contributed by atoms with Crippen molar-refractivity contribution in [3.8, 4) is 0 Å². The van der Waals surface area contributed by atoms with Crippen molar-refractivity contribution < 1.29 is 18.4 Å². The van der Waals surface area contributed by atoms with E-state index in [-0.39, 0.29) is 25.3 Å². The SMILES string of the molecule is CCOP(=O)(OCC)[C@@H]1[C@@H](C)N1C(=O)Nc1ccccc1. The Morgan fingerprint density at radius 2 is 1.81 bits per heavy atom. The lowest BCUT2D eigenvalue weighted by atomic mass is 10.3. The Labute approximate surface area is 125 Å². The van der Waals surface area contributed by atoms with Crippen molar-refractivity contribution >= 4 is 19.3 Å². The van der Waals surface area contributed by atoms with E-state index < -0.39 is 13.4 Å². The molecule has 6 nitrogen and oxygen atoms in total. The van der Waals surface area contributed by atoms with Gasteiger partial charge in [-0.1, -0.05) is 18.2 Å². The van der Waals surface area contributed by atoms with E-state index in [2.05, 4.69) is 5.32 Å². The van der Waals surface area contributed by atoms with Gasteiger partial charge in [-0.05, 0) is 32.9 Å². The highest BCUT2D eigenvalue weighted by Gasteiger charge is 2.60. The summed E-state index contributed by atoms with van der Waals surface area (Å²) in [6, 6.07) is 8.68. The van der Waals surface area contributed by atoms with E-state index in [1.54, 1.807) is 26.0 Å². The largest absolute Gasteiger partial charge is 0.355 e. The van der Waals surface area contributed by atoms with Crippen LogP contribution in [0.25, 0.3) is 0 Å². The van der Waals surface area contributed by atoms with E-state index in [1.807, 2.05) is 25.1 Å². The summed E-state index contributed by atoms with van der Waals surface area (Å²) in [5.74, 6) is -0.513. The fourth-order valence-electron chi connectivity index (χ4n) is 2.31. The molecule has 21 heavy (non-hydrogen) atoms. The first kappa shape index (κ1) is 16.0. The number of rotatable bonds is 6. The van der Waals surface area contributed by atoms with Crippen molar-refractivity contribution in [3.63, 3.8) is 0 Å². The number of nitrogens with zero attached hydrogens (tertiary/aromatic N) is 1. The zero-order valence-electron chi connectivity index (χ0n) is 12.5. The zero-order valence-corrected chi connectivity index (χ0v) is 13.4. The quantitative estimate of drug-likeness (QED) is 0.644. The van der Waals surface area contributed by atoms with Crippen molar-refractivity contribution in [2.75, 3.05) is 18.5 Å². The van der Waals surface area contributed by atoms with Crippen molar-refractivity contribution in [2.45, 2.75) is 32.6 Å². The Hall–Kier alpha value is -1.36. The number of carbonyl (C=O) groups excluding carboxylic acids is 1. The van der Waals surface area contributed by atoms with Gasteiger partial charge in [-0.15, -0.1) is 0 Å². The Bertz CT molecular complexity index is 527. The molecule has 0 radical (unpaired) electrons. The summed E-state index contributed by atoms with van der Waals surface area (Å²) in [4.78, 5) is 13.7. The molecule has 2 amide bonds. The van der Waals surface area contributed by atoms with Crippen LogP contribution in [0.3, 0.4) is 0 Å². The number of anilines is 1. The number of carbonyl (C=O) groups is 1. The zero-order chi connectivity index (χ0) is 15.5. The lowest BCUT2D eigenvalue weighted by molar-refractivity contribution is 0.211. The molecule has 1 N–H and O–H groups in total. The van der Waals surface area contributed by atoms with E-state index >= 15 is 0 Å². The van der Waals surface area contributed by atoms with Crippen LogP contribution in [0.4, 0.5) is 10.5 Å². The third-order valence-electron chi connectivity index (χ3n) is 3.27. The maximum Gasteiger partial charge on any atom is 0.355 e. The average Bonchev–Trinajstić information content (AvgIpc) is 3.13. The monoisotopic (exact) mass is 312 g/mol. The second-order valence-electron chi connectivity index (χ2n) is 4.73. The van der Waals surface area contributed by atoms with Crippen LogP contribution in [-0.4, -0.2) is 36.0 Å². The van der Waals surface area contributed by atoms with Gasteiger partial charge in [0, 0.05) is 5.69 Å². The fraction of sp³-hybridized carbons (Fsp3) is 0.500. The second kappa shape index (κ2) is 6.60. The van der Waals surface area contributed by atoms with Gasteiger partial charge < -0.3 is 19.3 Å². The molecule has 116 valence electrons. The summed E-state index contributed by atoms with van der Waals surface area (Å²) in [5, 5.41) is 2.78. The van der Waals surface area contributed by atoms with Gasteiger partial charge >= 0.3 is 13.6 Å². The molecule has 0 unspecified atom stereocenters. The van der Waals surface area contributed by atoms with Gasteiger partial charge in [-0.2, -0.15) is 0 Å². The number of benzene rings is 1. The minimum Gasteiger partial charge on any atom is -0.308 e. The molecule has 1 saturated heterocycles. The van der Waals surface area contributed by atoms with Crippen LogP contribution in [0, 0.1) is 0 Å². The number of para-hydroxylation sites is 1. The fourth-order valence-corrected chi connectivity index (χ4v) is 4.63. The van der Waals surface area contributed by atoms with Gasteiger partial charge in [0.15, 0.2) is 5.78 Å². The van der Waals surface area contributed by atoms with E-state index in [1.165, 1.54) is 4.90 Å². The van der Waals surface area contributed by atoms with E-state index in [9.17, 15) is 9.36 Å². The predicted molar refractivity (Wildman–Crippen MR) is 81.4 cm³/mol. The van der Waals surface area contributed by atoms with Crippen molar-refractivity contribution in [1.29, 1.82) is 0 Å². The first-order chi connectivity index (χ1) is 10.0. The number of urea groups is 1. The van der Waals surface area contributed by atoms with E-state index in [4.69, 9.17) is 9.05 Å². The predicted octanol–water partition coefficient (Wildman–Crippen LogP) is 3.51. The normalized spacial score (nSPS) is 21.2. The highest BCUT2D eigenvalue weighted by atomic mass is 31.2. The third-order valence-corrected chi connectivity index (χ3v) is 5.83. The topological polar surface area (TPSA) is 67.6 Å². The van der Waals surface area contributed by atoms with E-state index in [0.29, 0.717) is 5.69 Å². The Kier molecular flexibility index (Phi) is 5.04. The molecule has 0 spiro atoms. The minimum atomic E-state index is -3.29. The van der Waals surface area contributed by atoms with Gasteiger partial charge in [0.25, 0.3) is 0 Å². The van der Waals surface area contributed by atoms with Gasteiger partial charge in [0.2, 0.25) is 0 Å². The minimum absolute atomic E-state index is 0.169. The second-order valence-corrected chi connectivity index (χ2v) is 6.86. The molecule has 2 rings (SSSR count). The van der Waals surface area contributed by atoms with Crippen LogP contribution in [-0.2, 0) is 13.6 Å². The third kappa shape index (κ3) is 3.46. The number of nitrogens with one attached hydrogen (secondary N) is 1. The average molecular weight is 312 g/mol. The van der Waals surface area contributed by atoms with Gasteiger partial charge in [-0.3, -0.25) is 4.57 Å². The molecule has 1 fully saturated rings. The van der Waals surface area contributed by atoms with Crippen molar-refractivity contribution in [3.05, 3.63) is 30.3 Å². The van der Waals surface area contributed by atoms with Crippen LogP contribution < -0.4 is 5.32 Å². The summed E-state index contributed by atoms with van der Waals surface area (Å²) < 4.78 is 23.3. The first-order valence-corrected chi connectivity index (χ1v) is 8.67. The van der Waals surface area contributed by atoms with Gasteiger partial charge in [0.1, 0.15) is 0 Å². The van der Waals surface area contributed by atoms with Crippen LogP contribution in [0.2, 0.25) is 0 Å². The highest BCUT2D eigenvalue weighted by molar-refractivity contribution is 7.55. The molecule has 1 aliphatic rings. The molecule has 1 heterocycles. The lowest BCUT2D eigenvalue weighted by Crippen LogP contribution is -2.22. The lowest BCUT2D eigenvalue weighted by Gasteiger charge is -2.16. The summed E-state index contributed by atoms with van der Waals surface area (Å²) in [5.41, 5.74) is 0.697. The molecule has 0 aliphatic carbocycles. The highest BCUT2D eigenvalue weighted by Crippen LogP contribution is 2.62. The van der Waals surface area contributed by atoms with Crippen molar-refractivity contribution in [1.82, 2.24) is 4.90 Å². The van der Waals surface area contributed by atoms with Gasteiger partial charge in [-0.25, -0.2) is 4.79 Å². The maximum absolute atomic E-state index is 12.7. The van der Waals surface area contributed by atoms with Crippen molar-refractivity contribution in [2.24, 2.45) is 0 Å². The standard InChI is InChI=1S/C14H21N2O4P/c1-4-19-21(18,20-5-2)13-11(3)16(13)14(17)15-12-9-7-6-8-10-12/h6-11,13H,4-5H2,1-3H3,(H,15,17)/t11-,13-,16?/m1/s1. The van der Waals surface area contributed by atoms with Crippen LogP contribution in [0.5, 0.6) is 0 Å². The Balaban J connectivity index is 2.05. The summed E-state index contributed by atoms with van der Waals surface area (Å²) in [6.45, 7) is 5.92. The Morgan fingerprint density at radius 1 is 1.24 bits per heavy atom. The Morgan fingerprint density at radius 3 is 2.33 bits per heavy atom. The smallest absolute Gasteiger partial charge is 0.308 e. The van der Waals surface area contributed by atoms with Crippen LogP contribution in [0.1, 0.15) is 20.8 Å². The number of hydrogen-bond donors (Lipinski definition) is 1. The van der Waals surface area contributed by atoms with Crippen LogP contribution >= 0.6 is 7.60 Å². The summed E-state index contributed by atoms with van der Waals surface area (Å²) in [6.07, 6.45) is 0. The van der Waals surface area contributed by atoms with Gasteiger partial charge in [0.05, 0.1) is 19.3 Å². The summed E-state index contributed by atoms with van der Waals surface area (Å²) >= 11 is 0.